The molecule has 2 saturated heterocycles. The lowest BCUT2D eigenvalue weighted by molar-refractivity contribution is -0.134. The number of methoxy groups -OCH3 is 1. The van der Waals surface area contributed by atoms with Crippen LogP contribution in [-0.2, 0) is 10.7 Å². The topological polar surface area (TPSA) is 82.4 Å². The molecule has 0 aliphatic carbocycles. The number of nitriles is 1. The van der Waals surface area contributed by atoms with Gasteiger partial charge in [0.2, 0.25) is 11.8 Å². The average Bonchev–Trinajstić information content (AvgIpc) is 3.39. The third kappa shape index (κ3) is 3.77. The van der Waals surface area contributed by atoms with Crippen molar-refractivity contribution in [1.29, 1.82) is 5.26 Å². The van der Waals surface area contributed by atoms with Gasteiger partial charge in [-0.25, -0.2) is 18.7 Å². The molecule has 2 atom stereocenters. The van der Waals surface area contributed by atoms with Crippen molar-refractivity contribution in [2.24, 2.45) is 0 Å². The van der Waals surface area contributed by atoms with Crippen molar-refractivity contribution in [2.75, 3.05) is 25.1 Å². The number of amides is 1. The number of nitrogens with zero attached hydrogens (tertiary/aromatic N) is 5. The minimum absolute atomic E-state index is 0.00501. The predicted molar refractivity (Wildman–Crippen MR) is 104 cm³/mol. The monoisotopic (exact) mass is 413 g/mol. The number of anilines is 1. The van der Waals surface area contributed by atoms with Crippen LogP contribution in [0.25, 0.3) is 0 Å². The maximum atomic E-state index is 14.6. The fraction of sp³-hybridized carbons (Fsp3) is 0.429. The van der Waals surface area contributed by atoms with Gasteiger partial charge in [0.05, 0.1) is 24.8 Å². The van der Waals surface area contributed by atoms with Crippen molar-refractivity contribution in [2.45, 2.75) is 37.3 Å². The molecular formula is C21H21F2N5O2. The number of ether oxygens (including phenoxy) is 1. The summed E-state index contributed by atoms with van der Waals surface area (Å²) in [5.41, 5.74) is 0.288. The summed E-state index contributed by atoms with van der Waals surface area (Å²) in [4.78, 5) is 24.6. The summed E-state index contributed by atoms with van der Waals surface area (Å²) in [5.74, 6) is -2.50. The molecule has 0 N–H and O–H groups in total. The van der Waals surface area contributed by atoms with E-state index < -0.39 is 12.3 Å². The van der Waals surface area contributed by atoms with Gasteiger partial charge in [-0.3, -0.25) is 4.79 Å². The molecule has 0 radical (unpaired) electrons. The van der Waals surface area contributed by atoms with Crippen molar-refractivity contribution in [1.82, 2.24) is 14.9 Å². The van der Waals surface area contributed by atoms with Gasteiger partial charge in [0, 0.05) is 50.0 Å². The van der Waals surface area contributed by atoms with E-state index >= 15 is 0 Å². The molecule has 0 saturated carbocycles. The lowest BCUT2D eigenvalue weighted by atomic mass is 10.0. The summed E-state index contributed by atoms with van der Waals surface area (Å²) in [7, 11) is 1.37. The highest BCUT2D eigenvalue weighted by Gasteiger charge is 2.46. The normalized spacial score (nSPS) is 20.3. The fourth-order valence-corrected chi connectivity index (χ4v) is 4.18. The smallest absolute Gasteiger partial charge is 0.274 e. The van der Waals surface area contributed by atoms with Crippen LogP contribution in [0.2, 0.25) is 0 Å². The Hall–Kier alpha value is -3.28. The zero-order valence-corrected chi connectivity index (χ0v) is 16.5. The van der Waals surface area contributed by atoms with Gasteiger partial charge in [-0.15, -0.1) is 0 Å². The summed E-state index contributed by atoms with van der Waals surface area (Å²) in [6, 6.07) is 8.11. The van der Waals surface area contributed by atoms with E-state index in [4.69, 9.17) is 10.00 Å². The SMILES string of the molecule is COc1cc(C(F)(F)CCC(=O)N2C[C@@H]3C[C@H]2CN3c2ccc(C#N)cn2)ccn1. The van der Waals surface area contributed by atoms with Crippen molar-refractivity contribution in [3.63, 3.8) is 0 Å². The number of carbonyl (C=O) groups excluding carboxylic acids is 1. The van der Waals surface area contributed by atoms with E-state index in [2.05, 4.69) is 14.9 Å². The van der Waals surface area contributed by atoms with Crippen LogP contribution in [0.15, 0.2) is 36.7 Å². The molecule has 0 unspecified atom stereocenters. The Morgan fingerprint density at radius 3 is 2.77 bits per heavy atom. The van der Waals surface area contributed by atoms with Gasteiger partial charge in [0.25, 0.3) is 5.92 Å². The summed E-state index contributed by atoms with van der Waals surface area (Å²) in [5, 5.41) is 8.89. The van der Waals surface area contributed by atoms with Gasteiger partial charge < -0.3 is 14.5 Å². The van der Waals surface area contributed by atoms with Gasteiger partial charge >= 0.3 is 0 Å². The first-order valence-electron chi connectivity index (χ1n) is 9.72. The quantitative estimate of drug-likeness (QED) is 0.724. The summed E-state index contributed by atoms with van der Waals surface area (Å²) in [6.07, 6.45) is 2.81. The van der Waals surface area contributed by atoms with E-state index in [9.17, 15) is 13.6 Å². The summed E-state index contributed by atoms with van der Waals surface area (Å²) < 4.78 is 34.0. The summed E-state index contributed by atoms with van der Waals surface area (Å²) in [6.45, 7) is 1.12. The standard InChI is InChI=1S/C21H21F2N5O2/c1-30-19-8-15(5-7-25-19)21(22,23)6-4-20(29)28-13-16-9-17(28)12-27(16)18-3-2-14(10-24)11-26-18/h2-3,5,7-8,11,16-17H,4,6,9,12-13H2,1H3/t16-,17-/m0/s1. The van der Waals surface area contributed by atoms with E-state index in [1.165, 1.54) is 31.6 Å². The second-order valence-corrected chi connectivity index (χ2v) is 7.55. The van der Waals surface area contributed by atoms with Crippen LogP contribution in [0.3, 0.4) is 0 Å². The average molecular weight is 413 g/mol. The molecular weight excluding hydrogens is 392 g/mol. The van der Waals surface area contributed by atoms with Gasteiger partial charge in [0.15, 0.2) is 0 Å². The number of pyridine rings is 2. The number of carbonyl (C=O) groups is 1. The molecule has 2 aromatic heterocycles. The molecule has 4 heterocycles. The van der Waals surface area contributed by atoms with Crippen LogP contribution >= 0.6 is 0 Å². The van der Waals surface area contributed by atoms with Gasteiger partial charge in [-0.1, -0.05) is 0 Å². The molecule has 1 amide bonds. The van der Waals surface area contributed by atoms with E-state index in [0.717, 1.165) is 12.2 Å². The highest BCUT2D eigenvalue weighted by atomic mass is 19.3. The second-order valence-electron chi connectivity index (χ2n) is 7.55. The van der Waals surface area contributed by atoms with E-state index in [0.29, 0.717) is 18.7 Å². The maximum absolute atomic E-state index is 14.6. The fourth-order valence-electron chi connectivity index (χ4n) is 4.18. The van der Waals surface area contributed by atoms with Crippen LogP contribution in [-0.4, -0.2) is 53.1 Å². The predicted octanol–water partition coefficient (Wildman–Crippen LogP) is 2.72. The van der Waals surface area contributed by atoms with Crippen LogP contribution < -0.4 is 9.64 Å². The molecule has 30 heavy (non-hydrogen) atoms. The zero-order chi connectivity index (χ0) is 21.3. The molecule has 0 spiro atoms. The van der Waals surface area contributed by atoms with Crippen molar-refractivity contribution in [3.8, 4) is 11.9 Å². The van der Waals surface area contributed by atoms with Crippen LogP contribution in [0, 0.1) is 11.3 Å². The number of hydrogen-bond acceptors (Lipinski definition) is 6. The van der Waals surface area contributed by atoms with Crippen LogP contribution in [0.1, 0.15) is 30.4 Å². The Morgan fingerprint density at radius 2 is 2.13 bits per heavy atom. The summed E-state index contributed by atoms with van der Waals surface area (Å²) >= 11 is 0. The number of likely N-dealkylation sites (tertiary alicyclic amines) is 1. The maximum Gasteiger partial charge on any atom is 0.274 e. The second kappa shape index (κ2) is 7.86. The first-order chi connectivity index (χ1) is 14.4. The molecule has 0 aromatic carbocycles. The molecule has 2 aromatic rings. The number of aromatic nitrogens is 2. The van der Waals surface area contributed by atoms with E-state index in [1.807, 2.05) is 6.07 Å². The number of alkyl halides is 2. The lowest BCUT2D eigenvalue weighted by Gasteiger charge is -2.35. The Labute approximate surface area is 172 Å². The number of halogens is 2. The minimum atomic E-state index is -3.14. The minimum Gasteiger partial charge on any atom is -0.481 e. The Balaban J connectivity index is 1.35. The van der Waals surface area contributed by atoms with Gasteiger partial charge in [-0.2, -0.15) is 5.26 Å². The largest absolute Gasteiger partial charge is 0.481 e. The first-order valence-corrected chi connectivity index (χ1v) is 9.72. The molecule has 156 valence electrons. The number of rotatable bonds is 6. The third-order valence-electron chi connectivity index (χ3n) is 5.75. The molecule has 7 nitrogen and oxygen atoms in total. The van der Waals surface area contributed by atoms with E-state index in [1.54, 1.807) is 17.0 Å². The van der Waals surface area contributed by atoms with Crippen molar-refractivity contribution < 1.29 is 18.3 Å². The third-order valence-corrected chi connectivity index (χ3v) is 5.75. The first kappa shape index (κ1) is 20.0. The molecule has 2 aliphatic heterocycles. The molecule has 2 aliphatic rings. The highest BCUT2D eigenvalue weighted by molar-refractivity contribution is 5.77. The van der Waals surface area contributed by atoms with E-state index in [-0.39, 0.29) is 35.9 Å². The Kier molecular flexibility index (Phi) is 5.24. The Bertz CT molecular complexity index is 976. The molecule has 4 rings (SSSR count). The van der Waals surface area contributed by atoms with Crippen LogP contribution in [0.5, 0.6) is 5.88 Å². The van der Waals surface area contributed by atoms with Gasteiger partial charge in [-0.05, 0) is 24.6 Å². The Morgan fingerprint density at radius 1 is 1.30 bits per heavy atom. The van der Waals surface area contributed by atoms with Gasteiger partial charge in [0.1, 0.15) is 11.9 Å². The highest BCUT2D eigenvalue weighted by Crippen LogP contribution is 2.37. The molecule has 2 bridgehead atoms. The van der Waals surface area contributed by atoms with Crippen LogP contribution in [0.4, 0.5) is 14.6 Å². The molecule has 2 fully saturated rings. The number of piperazine rings is 1. The zero-order valence-electron chi connectivity index (χ0n) is 16.5. The van der Waals surface area contributed by atoms with Crippen molar-refractivity contribution >= 4 is 11.7 Å². The van der Waals surface area contributed by atoms with Crippen molar-refractivity contribution in [3.05, 3.63) is 47.8 Å². The molecule has 9 heteroatoms. The lowest BCUT2D eigenvalue weighted by Crippen LogP contribution is -2.49. The number of hydrogen-bond donors (Lipinski definition) is 0. The number of fused-ring (bicyclic) bond motifs is 2.